The van der Waals surface area contributed by atoms with Gasteiger partial charge in [0.05, 0.1) is 16.6 Å². The van der Waals surface area contributed by atoms with Crippen LogP contribution in [-0.4, -0.2) is 28.5 Å². The summed E-state index contributed by atoms with van der Waals surface area (Å²) in [6, 6.07) is 20.4. The van der Waals surface area contributed by atoms with Crippen LogP contribution in [0.25, 0.3) is 22.4 Å². The predicted molar refractivity (Wildman–Crippen MR) is 116 cm³/mol. The molecule has 1 heterocycles. The van der Waals surface area contributed by atoms with Crippen LogP contribution in [-0.2, 0) is 9.53 Å². The van der Waals surface area contributed by atoms with Crippen molar-refractivity contribution in [2.75, 3.05) is 11.9 Å². The highest BCUT2D eigenvalue weighted by molar-refractivity contribution is 5.99. The monoisotopic (exact) mass is 399 g/mol. The first-order chi connectivity index (χ1) is 14.5. The second kappa shape index (κ2) is 8.21. The van der Waals surface area contributed by atoms with Gasteiger partial charge in [0.2, 0.25) is 0 Å². The van der Waals surface area contributed by atoms with Gasteiger partial charge in [-0.15, -0.1) is 0 Å². The number of anilines is 1. The summed E-state index contributed by atoms with van der Waals surface area (Å²) in [5.41, 5.74) is 5.29. The van der Waals surface area contributed by atoms with E-state index in [9.17, 15) is 9.59 Å². The Labute approximate surface area is 173 Å². The zero-order valence-corrected chi connectivity index (χ0v) is 16.7. The van der Waals surface area contributed by atoms with Crippen molar-refractivity contribution in [2.24, 2.45) is 0 Å². The number of ether oxygens (including phenoxy) is 1. The summed E-state index contributed by atoms with van der Waals surface area (Å²) >= 11 is 0. The molecule has 1 aromatic heterocycles. The molecule has 2 N–H and O–H groups in total. The van der Waals surface area contributed by atoms with Crippen molar-refractivity contribution in [1.82, 2.24) is 9.97 Å². The fourth-order valence-electron chi connectivity index (χ4n) is 3.34. The van der Waals surface area contributed by atoms with Crippen molar-refractivity contribution < 1.29 is 14.3 Å². The lowest BCUT2D eigenvalue weighted by Gasteiger charge is -2.12. The van der Waals surface area contributed by atoms with Crippen LogP contribution >= 0.6 is 0 Å². The molecule has 0 aliphatic rings. The third kappa shape index (κ3) is 3.93. The Balaban J connectivity index is 1.50. The standard InChI is InChI=1S/C24H21N3O3/c1-15-8-7-9-16(2)22(15)27-21(28)14-30-24(29)18-11-4-3-10-17(18)23-25-19-12-5-6-13-20(19)26-23/h3-13H,14H2,1-2H3,(H,25,26)(H,27,28). The van der Waals surface area contributed by atoms with E-state index in [-0.39, 0.29) is 12.5 Å². The number of carbonyl (C=O) groups is 2. The van der Waals surface area contributed by atoms with E-state index in [0.717, 1.165) is 27.8 Å². The quantitative estimate of drug-likeness (QED) is 0.479. The Hall–Kier alpha value is -3.93. The Morgan fingerprint density at radius 3 is 2.40 bits per heavy atom. The zero-order chi connectivity index (χ0) is 21.1. The molecule has 30 heavy (non-hydrogen) atoms. The van der Waals surface area contributed by atoms with Gasteiger partial charge in [0.25, 0.3) is 5.91 Å². The van der Waals surface area contributed by atoms with Gasteiger partial charge in [0, 0.05) is 11.3 Å². The number of nitrogens with zero attached hydrogens (tertiary/aromatic N) is 1. The molecule has 0 radical (unpaired) electrons. The van der Waals surface area contributed by atoms with Gasteiger partial charge in [-0.3, -0.25) is 4.79 Å². The fraction of sp³-hybridized carbons (Fsp3) is 0.125. The smallest absolute Gasteiger partial charge is 0.339 e. The van der Waals surface area contributed by atoms with E-state index in [1.807, 2.05) is 62.4 Å². The average molecular weight is 399 g/mol. The highest BCUT2D eigenvalue weighted by atomic mass is 16.5. The van der Waals surface area contributed by atoms with E-state index in [4.69, 9.17) is 4.74 Å². The molecule has 0 bridgehead atoms. The van der Waals surface area contributed by atoms with Crippen molar-refractivity contribution in [3.8, 4) is 11.4 Å². The number of benzene rings is 3. The summed E-state index contributed by atoms with van der Waals surface area (Å²) in [5.74, 6) is -0.395. The second-order valence-electron chi connectivity index (χ2n) is 7.04. The molecular formula is C24H21N3O3. The largest absolute Gasteiger partial charge is 0.452 e. The summed E-state index contributed by atoms with van der Waals surface area (Å²) in [6.07, 6.45) is 0. The van der Waals surface area contributed by atoms with E-state index >= 15 is 0 Å². The fourth-order valence-corrected chi connectivity index (χ4v) is 3.34. The van der Waals surface area contributed by atoms with Crippen LogP contribution in [0, 0.1) is 13.8 Å². The number of rotatable bonds is 5. The average Bonchev–Trinajstić information content (AvgIpc) is 3.19. The van der Waals surface area contributed by atoms with Crippen molar-refractivity contribution in [3.63, 3.8) is 0 Å². The van der Waals surface area contributed by atoms with E-state index < -0.39 is 5.97 Å². The first-order valence-corrected chi connectivity index (χ1v) is 9.60. The van der Waals surface area contributed by atoms with Crippen molar-refractivity contribution >= 4 is 28.6 Å². The highest BCUT2D eigenvalue weighted by Gasteiger charge is 2.18. The van der Waals surface area contributed by atoms with E-state index in [0.29, 0.717) is 17.0 Å². The van der Waals surface area contributed by atoms with Gasteiger partial charge in [-0.25, -0.2) is 9.78 Å². The molecule has 6 nitrogen and oxygen atoms in total. The van der Waals surface area contributed by atoms with Gasteiger partial charge < -0.3 is 15.0 Å². The van der Waals surface area contributed by atoms with Crippen molar-refractivity contribution in [3.05, 3.63) is 83.4 Å². The molecule has 0 saturated carbocycles. The summed E-state index contributed by atoms with van der Waals surface area (Å²) in [5, 5.41) is 2.81. The number of hydrogen-bond acceptors (Lipinski definition) is 4. The number of aromatic nitrogens is 2. The number of esters is 1. The molecule has 6 heteroatoms. The molecule has 0 fully saturated rings. The molecular weight excluding hydrogens is 378 g/mol. The summed E-state index contributed by atoms with van der Waals surface area (Å²) in [6.45, 7) is 3.46. The van der Waals surface area contributed by atoms with Crippen molar-refractivity contribution in [1.29, 1.82) is 0 Å². The van der Waals surface area contributed by atoms with Crippen LogP contribution in [0.1, 0.15) is 21.5 Å². The number of para-hydroxylation sites is 3. The van der Waals surface area contributed by atoms with Gasteiger partial charge in [-0.05, 0) is 43.2 Å². The van der Waals surface area contributed by atoms with E-state index in [2.05, 4.69) is 15.3 Å². The van der Waals surface area contributed by atoms with Gasteiger partial charge in [0.1, 0.15) is 5.82 Å². The third-order valence-corrected chi connectivity index (χ3v) is 4.87. The maximum absolute atomic E-state index is 12.7. The second-order valence-corrected chi connectivity index (χ2v) is 7.04. The summed E-state index contributed by atoms with van der Waals surface area (Å²) in [7, 11) is 0. The molecule has 4 aromatic rings. The van der Waals surface area contributed by atoms with Crippen LogP contribution in [0.15, 0.2) is 66.7 Å². The lowest BCUT2D eigenvalue weighted by Crippen LogP contribution is -2.22. The molecule has 4 rings (SSSR count). The Morgan fingerprint density at radius 1 is 0.933 bits per heavy atom. The molecule has 0 spiro atoms. The van der Waals surface area contributed by atoms with Gasteiger partial charge in [-0.1, -0.05) is 48.5 Å². The van der Waals surface area contributed by atoms with Crippen LogP contribution in [0.4, 0.5) is 5.69 Å². The van der Waals surface area contributed by atoms with Gasteiger partial charge >= 0.3 is 5.97 Å². The molecule has 0 aliphatic heterocycles. The van der Waals surface area contributed by atoms with Crippen LogP contribution < -0.4 is 5.32 Å². The minimum absolute atomic E-state index is 0.344. The summed E-state index contributed by atoms with van der Waals surface area (Å²) < 4.78 is 5.29. The van der Waals surface area contributed by atoms with E-state index in [1.165, 1.54) is 0 Å². The molecule has 0 saturated heterocycles. The number of amides is 1. The first-order valence-electron chi connectivity index (χ1n) is 9.60. The maximum Gasteiger partial charge on any atom is 0.339 e. The predicted octanol–water partition coefficient (Wildman–Crippen LogP) is 4.64. The lowest BCUT2D eigenvalue weighted by molar-refractivity contribution is -0.119. The van der Waals surface area contributed by atoms with Crippen LogP contribution in [0.3, 0.4) is 0 Å². The third-order valence-electron chi connectivity index (χ3n) is 4.87. The Kier molecular flexibility index (Phi) is 5.30. The van der Waals surface area contributed by atoms with Gasteiger partial charge in [0.15, 0.2) is 6.61 Å². The topological polar surface area (TPSA) is 84.1 Å². The number of aryl methyl sites for hydroxylation is 2. The van der Waals surface area contributed by atoms with Crippen LogP contribution in [0.5, 0.6) is 0 Å². The lowest BCUT2D eigenvalue weighted by atomic mass is 10.1. The minimum Gasteiger partial charge on any atom is -0.452 e. The zero-order valence-electron chi connectivity index (χ0n) is 16.7. The number of nitrogens with one attached hydrogen (secondary N) is 2. The number of fused-ring (bicyclic) bond motifs is 1. The Morgan fingerprint density at radius 2 is 1.63 bits per heavy atom. The molecule has 0 unspecified atom stereocenters. The van der Waals surface area contributed by atoms with Crippen LogP contribution in [0.2, 0.25) is 0 Å². The van der Waals surface area contributed by atoms with Gasteiger partial charge in [-0.2, -0.15) is 0 Å². The van der Waals surface area contributed by atoms with E-state index in [1.54, 1.807) is 18.2 Å². The number of carbonyl (C=O) groups excluding carboxylic acids is 2. The molecule has 150 valence electrons. The molecule has 0 atom stereocenters. The SMILES string of the molecule is Cc1cccc(C)c1NC(=O)COC(=O)c1ccccc1-c1nc2ccccc2[nH]1. The summed E-state index contributed by atoms with van der Waals surface area (Å²) in [4.78, 5) is 32.8. The maximum atomic E-state index is 12.7. The van der Waals surface area contributed by atoms with Crippen molar-refractivity contribution in [2.45, 2.75) is 13.8 Å². The first kappa shape index (κ1) is 19.4. The highest BCUT2D eigenvalue weighted by Crippen LogP contribution is 2.24. The number of hydrogen-bond donors (Lipinski definition) is 2. The number of H-pyrrole nitrogens is 1. The Bertz CT molecular complexity index is 1190. The molecule has 0 aliphatic carbocycles. The molecule has 1 amide bonds. The number of aromatic amines is 1. The molecule has 3 aromatic carbocycles. The minimum atomic E-state index is -0.581. The normalized spacial score (nSPS) is 10.7. The number of imidazole rings is 1.